The fourth-order valence-electron chi connectivity index (χ4n) is 1.80. The number of carbonyl (C=O) groups excluding carboxylic acids is 2. The average Bonchev–Trinajstić information content (AvgIpc) is 2.16. The van der Waals surface area contributed by atoms with Crippen LogP contribution >= 0.6 is 0 Å². The molecule has 0 radical (unpaired) electrons. The number of halogens is 1. The minimum Gasteiger partial charge on any atom is -0.447 e. The van der Waals surface area contributed by atoms with Crippen molar-refractivity contribution in [3.63, 3.8) is 0 Å². The normalized spacial score (nSPS) is 23.6. The molecule has 0 bridgehead atoms. The molecule has 2 rings (SSSR count). The van der Waals surface area contributed by atoms with Crippen LogP contribution in [0.3, 0.4) is 0 Å². The first-order chi connectivity index (χ1) is 7.44. The van der Waals surface area contributed by atoms with Crippen LogP contribution in [0.15, 0.2) is 18.2 Å². The Hall–Kier alpha value is -1.71. The molecule has 0 aromatic heterocycles. The van der Waals surface area contributed by atoms with Gasteiger partial charge in [-0.15, -0.1) is 0 Å². The SMILES string of the molecule is CC(=O)C1(C)Cc2cccc(F)c2C(=O)O1. The molecule has 0 amide bonds. The Labute approximate surface area is 92.2 Å². The van der Waals surface area contributed by atoms with Gasteiger partial charge in [0.2, 0.25) is 0 Å². The van der Waals surface area contributed by atoms with Crippen molar-refractivity contribution in [1.29, 1.82) is 0 Å². The minimum atomic E-state index is -1.17. The van der Waals surface area contributed by atoms with Crippen molar-refractivity contribution in [2.45, 2.75) is 25.9 Å². The van der Waals surface area contributed by atoms with Gasteiger partial charge in [-0.1, -0.05) is 12.1 Å². The highest BCUT2D eigenvalue weighted by Gasteiger charge is 2.41. The van der Waals surface area contributed by atoms with Gasteiger partial charge in [-0.2, -0.15) is 0 Å². The molecule has 0 saturated heterocycles. The zero-order valence-corrected chi connectivity index (χ0v) is 9.04. The Balaban J connectivity index is 2.53. The van der Waals surface area contributed by atoms with Gasteiger partial charge in [-0.25, -0.2) is 9.18 Å². The highest BCUT2D eigenvalue weighted by molar-refractivity contribution is 5.97. The Kier molecular flexibility index (Phi) is 2.30. The number of esters is 1. The molecule has 0 spiro atoms. The number of hydrogen-bond donors (Lipinski definition) is 0. The van der Waals surface area contributed by atoms with Crippen molar-refractivity contribution in [1.82, 2.24) is 0 Å². The van der Waals surface area contributed by atoms with E-state index in [2.05, 4.69) is 0 Å². The summed E-state index contributed by atoms with van der Waals surface area (Å²) >= 11 is 0. The summed E-state index contributed by atoms with van der Waals surface area (Å²) < 4.78 is 18.4. The van der Waals surface area contributed by atoms with E-state index in [1.807, 2.05) is 0 Å². The molecule has 1 heterocycles. The summed E-state index contributed by atoms with van der Waals surface area (Å²) in [6.07, 6.45) is 0.223. The summed E-state index contributed by atoms with van der Waals surface area (Å²) in [5, 5.41) is 0. The first-order valence-electron chi connectivity index (χ1n) is 4.96. The lowest BCUT2D eigenvalue weighted by Crippen LogP contribution is -2.45. The van der Waals surface area contributed by atoms with E-state index in [0.29, 0.717) is 5.56 Å². The lowest BCUT2D eigenvalue weighted by molar-refractivity contribution is -0.135. The van der Waals surface area contributed by atoms with Crippen molar-refractivity contribution >= 4 is 11.8 Å². The van der Waals surface area contributed by atoms with Crippen LogP contribution in [-0.4, -0.2) is 17.4 Å². The molecule has 0 aliphatic carbocycles. The van der Waals surface area contributed by atoms with E-state index < -0.39 is 17.4 Å². The third-order valence-electron chi connectivity index (χ3n) is 2.89. The van der Waals surface area contributed by atoms with Crippen LogP contribution in [0.25, 0.3) is 0 Å². The van der Waals surface area contributed by atoms with E-state index in [1.165, 1.54) is 19.1 Å². The molecule has 3 nitrogen and oxygen atoms in total. The second kappa shape index (κ2) is 3.40. The number of cyclic esters (lactones) is 1. The highest BCUT2D eigenvalue weighted by atomic mass is 19.1. The zero-order valence-electron chi connectivity index (χ0n) is 9.04. The van der Waals surface area contributed by atoms with Gasteiger partial charge in [-0.05, 0) is 25.5 Å². The minimum absolute atomic E-state index is 0.0544. The molecule has 0 N–H and O–H groups in total. The predicted molar refractivity (Wildman–Crippen MR) is 54.6 cm³/mol. The van der Waals surface area contributed by atoms with Crippen LogP contribution in [0.5, 0.6) is 0 Å². The Morgan fingerprint density at radius 2 is 2.19 bits per heavy atom. The van der Waals surface area contributed by atoms with Crippen LogP contribution in [-0.2, 0) is 16.0 Å². The van der Waals surface area contributed by atoms with Gasteiger partial charge in [0, 0.05) is 6.42 Å². The molecular formula is C12H11FO3. The summed E-state index contributed by atoms with van der Waals surface area (Å²) in [5.41, 5.74) is -0.701. The van der Waals surface area contributed by atoms with E-state index in [1.54, 1.807) is 13.0 Å². The molecule has 1 aromatic rings. The van der Waals surface area contributed by atoms with E-state index >= 15 is 0 Å². The zero-order chi connectivity index (χ0) is 11.9. The van der Waals surface area contributed by atoms with E-state index in [4.69, 9.17) is 4.74 Å². The van der Waals surface area contributed by atoms with Crippen molar-refractivity contribution in [2.75, 3.05) is 0 Å². The smallest absolute Gasteiger partial charge is 0.342 e. The highest BCUT2D eigenvalue weighted by Crippen LogP contribution is 2.30. The summed E-state index contributed by atoms with van der Waals surface area (Å²) in [6, 6.07) is 4.36. The number of hydrogen-bond acceptors (Lipinski definition) is 3. The van der Waals surface area contributed by atoms with Crippen LogP contribution in [0, 0.1) is 5.82 Å². The van der Waals surface area contributed by atoms with Gasteiger partial charge in [0.05, 0.1) is 5.56 Å². The van der Waals surface area contributed by atoms with Crippen LogP contribution in [0.4, 0.5) is 4.39 Å². The van der Waals surface area contributed by atoms with Crippen molar-refractivity contribution in [3.05, 3.63) is 35.1 Å². The number of ether oxygens (including phenoxy) is 1. The molecule has 1 aromatic carbocycles. The third kappa shape index (κ3) is 1.50. The molecule has 1 aliphatic rings. The van der Waals surface area contributed by atoms with Gasteiger partial charge >= 0.3 is 5.97 Å². The average molecular weight is 222 g/mol. The van der Waals surface area contributed by atoms with Crippen molar-refractivity contribution < 1.29 is 18.7 Å². The maximum atomic E-state index is 13.4. The van der Waals surface area contributed by atoms with Gasteiger partial charge in [-0.3, -0.25) is 4.79 Å². The number of benzene rings is 1. The predicted octanol–water partition coefficient (Wildman–Crippen LogP) is 1.89. The summed E-state index contributed by atoms with van der Waals surface area (Å²) in [4.78, 5) is 23.0. The lowest BCUT2D eigenvalue weighted by Gasteiger charge is -2.32. The fraction of sp³-hybridized carbons (Fsp3) is 0.333. The summed E-state index contributed by atoms with van der Waals surface area (Å²) in [5.74, 6) is -1.61. The molecule has 16 heavy (non-hydrogen) atoms. The fourth-order valence-corrected chi connectivity index (χ4v) is 1.80. The maximum Gasteiger partial charge on any atom is 0.342 e. The standard InChI is InChI=1S/C12H11FO3/c1-7(14)12(2)6-8-4-3-5-9(13)10(8)11(15)16-12/h3-5H,6H2,1-2H3. The molecule has 84 valence electrons. The molecule has 1 unspecified atom stereocenters. The van der Waals surface area contributed by atoms with Gasteiger partial charge in [0.15, 0.2) is 11.4 Å². The first-order valence-corrected chi connectivity index (χ1v) is 4.96. The quantitative estimate of drug-likeness (QED) is 0.681. The second-order valence-corrected chi connectivity index (χ2v) is 4.13. The Bertz CT molecular complexity index is 481. The first kappa shape index (κ1) is 10.8. The number of rotatable bonds is 1. The van der Waals surface area contributed by atoms with Crippen LogP contribution < -0.4 is 0 Å². The molecule has 1 aliphatic heterocycles. The maximum absolute atomic E-state index is 13.4. The van der Waals surface area contributed by atoms with E-state index in [9.17, 15) is 14.0 Å². The number of carbonyl (C=O) groups is 2. The van der Waals surface area contributed by atoms with Gasteiger partial charge in [0.1, 0.15) is 5.82 Å². The Morgan fingerprint density at radius 1 is 1.50 bits per heavy atom. The van der Waals surface area contributed by atoms with Gasteiger partial charge in [0.25, 0.3) is 0 Å². The van der Waals surface area contributed by atoms with Crippen LogP contribution in [0.1, 0.15) is 29.8 Å². The van der Waals surface area contributed by atoms with Crippen molar-refractivity contribution in [3.8, 4) is 0 Å². The summed E-state index contributed by atoms with van der Waals surface area (Å²) in [6.45, 7) is 2.90. The van der Waals surface area contributed by atoms with E-state index in [-0.39, 0.29) is 17.8 Å². The third-order valence-corrected chi connectivity index (χ3v) is 2.89. The lowest BCUT2D eigenvalue weighted by atomic mass is 9.87. The molecule has 1 atom stereocenters. The monoisotopic (exact) mass is 222 g/mol. The largest absolute Gasteiger partial charge is 0.447 e. The van der Waals surface area contributed by atoms with E-state index in [0.717, 1.165) is 0 Å². The molecule has 0 saturated carbocycles. The summed E-state index contributed by atoms with van der Waals surface area (Å²) in [7, 11) is 0. The molecule has 0 fully saturated rings. The van der Waals surface area contributed by atoms with Crippen LogP contribution in [0.2, 0.25) is 0 Å². The number of fused-ring (bicyclic) bond motifs is 1. The number of ketones is 1. The molecule has 4 heteroatoms. The number of Topliss-reactive ketones (excluding diaryl/α,β-unsaturated/α-hetero) is 1. The van der Waals surface area contributed by atoms with Crippen molar-refractivity contribution in [2.24, 2.45) is 0 Å². The van der Waals surface area contributed by atoms with Gasteiger partial charge < -0.3 is 4.74 Å². The second-order valence-electron chi connectivity index (χ2n) is 4.13. The topological polar surface area (TPSA) is 43.4 Å². The Morgan fingerprint density at radius 3 is 2.81 bits per heavy atom. The molecular weight excluding hydrogens is 211 g/mol.